The van der Waals surface area contributed by atoms with Crippen LogP contribution in [0, 0.1) is 0 Å². The van der Waals surface area contributed by atoms with E-state index in [2.05, 4.69) is 15.0 Å². The van der Waals surface area contributed by atoms with E-state index in [4.69, 9.17) is 20.6 Å². The molecule has 1 fully saturated rings. The number of rotatable bonds is 4. The summed E-state index contributed by atoms with van der Waals surface area (Å²) in [6.45, 7) is 0.394. The standard InChI is InChI=1S/C22H21F3N6O3/c1-28-14-10-31(9-11(14)7-26)21(32)19-16(8-27)34-20(30-19)13-3-5-15(33-2)18-12(13)4-6-17(29-18)22(23,24)25/h3-7H,8-10,26-27H2,1-2H3. The number of carbonyl (C=O) groups is 1. The van der Waals surface area contributed by atoms with Gasteiger partial charge in [0.25, 0.3) is 5.91 Å². The monoisotopic (exact) mass is 474 g/mol. The zero-order valence-corrected chi connectivity index (χ0v) is 18.3. The molecule has 0 spiro atoms. The minimum atomic E-state index is -4.63. The van der Waals surface area contributed by atoms with Gasteiger partial charge >= 0.3 is 6.18 Å². The number of carbonyl (C=O) groups excluding carboxylic acids is 1. The molecule has 0 saturated carbocycles. The van der Waals surface area contributed by atoms with E-state index in [0.717, 1.165) is 11.6 Å². The highest BCUT2D eigenvalue weighted by Crippen LogP contribution is 2.37. The lowest BCUT2D eigenvalue weighted by Crippen LogP contribution is -2.30. The molecule has 34 heavy (non-hydrogen) atoms. The Labute approximate surface area is 191 Å². The second-order valence-corrected chi connectivity index (χ2v) is 7.42. The predicted octanol–water partition coefficient (Wildman–Crippen LogP) is 2.75. The maximum absolute atomic E-state index is 13.2. The van der Waals surface area contributed by atoms with Gasteiger partial charge in [0.1, 0.15) is 17.0 Å². The number of methoxy groups -OCH3 is 1. The number of oxazole rings is 1. The van der Waals surface area contributed by atoms with Crippen LogP contribution in [0.5, 0.6) is 5.75 Å². The van der Waals surface area contributed by atoms with Crippen molar-refractivity contribution >= 4 is 22.5 Å². The van der Waals surface area contributed by atoms with Crippen LogP contribution in [0.25, 0.3) is 22.4 Å². The Morgan fingerprint density at radius 1 is 1.26 bits per heavy atom. The molecule has 0 atom stereocenters. The lowest BCUT2D eigenvalue weighted by atomic mass is 10.1. The second kappa shape index (κ2) is 8.78. The van der Waals surface area contributed by atoms with Gasteiger partial charge in [-0.1, -0.05) is 0 Å². The van der Waals surface area contributed by atoms with E-state index in [9.17, 15) is 18.0 Å². The number of pyridine rings is 1. The third-order valence-corrected chi connectivity index (χ3v) is 5.48. The van der Waals surface area contributed by atoms with Gasteiger partial charge in [-0.05, 0) is 24.3 Å². The summed E-state index contributed by atoms with van der Waals surface area (Å²) in [4.78, 5) is 26.9. The van der Waals surface area contributed by atoms with E-state index in [0.29, 0.717) is 16.7 Å². The molecule has 3 aromatic rings. The summed E-state index contributed by atoms with van der Waals surface area (Å²) in [7, 11) is 2.94. The van der Waals surface area contributed by atoms with Crippen molar-refractivity contribution in [2.75, 3.05) is 27.2 Å². The number of hydrogen-bond acceptors (Lipinski definition) is 8. The molecule has 0 aliphatic carbocycles. The molecule has 178 valence electrons. The van der Waals surface area contributed by atoms with E-state index in [1.807, 2.05) is 0 Å². The molecular weight excluding hydrogens is 453 g/mol. The van der Waals surface area contributed by atoms with Crippen molar-refractivity contribution in [3.63, 3.8) is 0 Å². The van der Waals surface area contributed by atoms with Crippen molar-refractivity contribution in [3.8, 4) is 17.2 Å². The van der Waals surface area contributed by atoms with Crippen LogP contribution in [0.15, 0.2) is 45.4 Å². The lowest BCUT2D eigenvalue weighted by Gasteiger charge is -2.12. The van der Waals surface area contributed by atoms with Gasteiger partial charge in [0.15, 0.2) is 11.5 Å². The highest BCUT2D eigenvalue weighted by Gasteiger charge is 2.34. The summed E-state index contributed by atoms with van der Waals surface area (Å²) in [5, 5.41) is 0.311. The summed E-state index contributed by atoms with van der Waals surface area (Å²) in [5.74, 6) is -0.111. The summed E-state index contributed by atoms with van der Waals surface area (Å²) in [6, 6.07) is 5.16. The number of aromatic nitrogens is 2. The van der Waals surface area contributed by atoms with Gasteiger partial charge in [-0.3, -0.25) is 9.79 Å². The quantitative estimate of drug-likeness (QED) is 0.594. The molecule has 0 bridgehead atoms. The van der Waals surface area contributed by atoms with E-state index >= 15 is 0 Å². The summed E-state index contributed by atoms with van der Waals surface area (Å²) in [5.41, 5.74) is 12.1. The third-order valence-electron chi connectivity index (χ3n) is 5.48. The number of nitrogens with two attached hydrogens (primary N) is 2. The summed E-state index contributed by atoms with van der Waals surface area (Å²) in [6.07, 6.45) is -3.23. The largest absolute Gasteiger partial charge is 0.494 e. The van der Waals surface area contributed by atoms with Gasteiger partial charge in [0.2, 0.25) is 5.89 Å². The number of likely N-dealkylation sites (tertiary alicyclic amines) is 1. The fourth-order valence-electron chi connectivity index (χ4n) is 3.77. The van der Waals surface area contributed by atoms with E-state index in [-0.39, 0.29) is 48.2 Å². The van der Waals surface area contributed by atoms with E-state index < -0.39 is 17.8 Å². The maximum atomic E-state index is 13.2. The smallest absolute Gasteiger partial charge is 0.433 e. The minimum Gasteiger partial charge on any atom is -0.494 e. The molecule has 1 aliphatic rings. The van der Waals surface area contributed by atoms with Crippen LogP contribution in [0.2, 0.25) is 0 Å². The fourth-order valence-corrected chi connectivity index (χ4v) is 3.77. The average molecular weight is 474 g/mol. The molecule has 1 saturated heterocycles. The van der Waals surface area contributed by atoms with E-state index in [1.165, 1.54) is 30.3 Å². The molecule has 4 rings (SSSR count). The van der Waals surface area contributed by atoms with Crippen LogP contribution in [-0.4, -0.2) is 53.7 Å². The number of halogens is 3. The second-order valence-electron chi connectivity index (χ2n) is 7.42. The number of nitrogens with zero attached hydrogens (tertiary/aromatic N) is 4. The topological polar surface area (TPSA) is 133 Å². The Balaban J connectivity index is 1.79. The normalized spacial score (nSPS) is 16.7. The highest BCUT2D eigenvalue weighted by atomic mass is 19.4. The Morgan fingerprint density at radius 2 is 2.03 bits per heavy atom. The van der Waals surface area contributed by atoms with Gasteiger partial charge < -0.3 is 25.5 Å². The van der Waals surface area contributed by atoms with Crippen LogP contribution in [0.4, 0.5) is 13.2 Å². The Hall–Kier alpha value is -3.93. The van der Waals surface area contributed by atoms with Crippen molar-refractivity contribution in [2.24, 2.45) is 16.5 Å². The first kappa shape index (κ1) is 23.2. The Bertz CT molecular complexity index is 1310. The highest BCUT2D eigenvalue weighted by molar-refractivity contribution is 6.08. The van der Waals surface area contributed by atoms with Crippen LogP contribution in [-0.2, 0) is 12.7 Å². The van der Waals surface area contributed by atoms with Gasteiger partial charge in [-0.25, -0.2) is 9.97 Å². The van der Waals surface area contributed by atoms with Crippen LogP contribution >= 0.6 is 0 Å². The Morgan fingerprint density at radius 3 is 2.62 bits per heavy atom. The van der Waals surface area contributed by atoms with Crippen molar-refractivity contribution in [2.45, 2.75) is 12.7 Å². The number of alkyl halides is 3. The number of benzene rings is 1. The maximum Gasteiger partial charge on any atom is 0.433 e. The van der Waals surface area contributed by atoms with Crippen molar-refractivity contribution in [1.29, 1.82) is 0 Å². The van der Waals surface area contributed by atoms with Crippen LogP contribution in [0.3, 0.4) is 0 Å². The van der Waals surface area contributed by atoms with Gasteiger partial charge in [0, 0.05) is 36.3 Å². The minimum absolute atomic E-state index is 0.00932. The molecule has 0 radical (unpaired) electrons. The zero-order chi connectivity index (χ0) is 24.6. The van der Waals surface area contributed by atoms with Gasteiger partial charge in [-0.2, -0.15) is 13.2 Å². The third kappa shape index (κ3) is 3.96. The molecular formula is C22H21F3N6O3. The Kier molecular flexibility index (Phi) is 6.00. The number of amides is 1. The van der Waals surface area contributed by atoms with Crippen molar-refractivity contribution in [1.82, 2.24) is 14.9 Å². The molecule has 1 amide bonds. The lowest BCUT2D eigenvalue weighted by molar-refractivity contribution is -0.140. The summed E-state index contributed by atoms with van der Waals surface area (Å²) < 4.78 is 50.6. The molecule has 1 aromatic carbocycles. The molecule has 0 unspecified atom stereocenters. The zero-order valence-electron chi connectivity index (χ0n) is 18.3. The molecule has 3 heterocycles. The molecule has 4 N–H and O–H groups in total. The van der Waals surface area contributed by atoms with Crippen molar-refractivity contribution < 1.29 is 27.1 Å². The molecule has 9 nitrogen and oxygen atoms in total. The van der Waals surface area contributed by atoms with Crippen LogP contribution < -0.4 is 16.2 Å². The first-order valence-electron chi connectivity index (χ1n) is 10.1. The van der Waals surface area contributed by atoms with Crippen LogP contribution in [0.1, 0.15) is 21.9 Å². The predicted molar refractivity (Wildman–Crippen MR) is 118 cm³/mol. The van der Waals surface area contributed by atoms with Gasteiger partial charge in [0.05, 0.1) is 25.9 Å². The molecule has 12 heteroatoms. The fraction of sp³-hybridized carbons (Fsp3) is 0.273. The summed E-state index contributed by atoms with van der Waals surface area (Å²) >= 11 is 0. The van der Waals surface area contributed by atoms with E-state index in [1.54, 1.807) is 13.1 Å². The average Bonchev–Trinajstić information content (AvgIpc) is 3.46. The SMILES string of the molecule is CN=C1CN(C(=O)c2nc(-c3ccc(OC)c4nc(C(F)(F)F)ccc34)oc2CN)CC1=CN. The molecule has 2 aromatic heterocycles. The number of fused-ring (bicyclic) bond motifs is 1. The van der Waals surface area contributed by atoms with Gasteiger partial charge in [-0.15, -0.1) is 0 Å². The van der Waals surface area contributed by atoms with Crippen molar-refractivity contribution in [3.05, 3.63) is 53.2 Å². The number of hydrogen-bond donors (Lipinski definition) is 2. The number of ether oxygens (including phenoxy) is 1. The number of aliphatic imine (C=N–C) groups is 1. The first-order valence-corrected chi connectivity index (χ1v) is 10.1. The first-order chi connectivity index (χ1) is 16.2. The molecule has 1 aliphatic heterocycles.